The van der Waals surface area contributed by atoms with Crippen molar-refractivity contribution in [3.8, 4) is 22.3 Å². The van der Waals surface area contributed by atoms with Gasteiger partial charge in [-0.25, -0.2) is 0 Å². The molecular formula is C49H33BN2. The Hall–Kier alpha value is -6.58. The molecule has 3 aliphatic rings. The number of hydrogen-bond acceptors (Lipinski definition) is 2. The molecular weight excluding hydrogens is 627 g/mol. The first kappa shape index (κ1) is 29.2. The van der Waals surface area contributed by atoms with E-state index in [-0.39, 0.29) is 12.6 Å². The molecule has 11 rings (SSSR count). The zero-order chi connectivity index (χ0) is 34.2. The predicted molar refractivity (Wildman–Crippen MR) is 219 cm³/mol. The lowest BCUT2D eigenvalue weighted by Gasteiger charge is -2.44. The third kappa shape index (κ3) is 4.26. The summed E-state index contributed by atoms with van der Waals surface area (Å²) in [6, 6.07) is 71.6. The van der Waals surface area contributed by atoms with Crippen molar-refractivity contribution in [1.29, 1.82) is 0 Å². The molecule has 0 N–H and O–H groups in total. The Morgan fingerprint density at radius 3 is 1.33 bits per heavy atom. The number of rotatable bonds is 4. The van der Waals surface area contributed by atoms with E-state index in [0.29, 0.717) is 0 Å². The Balaban J connectivity index is 1.14. The fraction of sp³-hybridized carbons (Fsp3) is 0.0204. The van der Waals surface area contributed by atoms with Gasteiger partial charge in [-0.2, -0.15) is 0 Å². The minimum absolute atomic E-state index is 0.108. The molecule has 0 aromatic heterocycles. The second kappa shape index (κ2) is 11.5. The van der Waals surface area contributed by atoms with Gasteiger partial charge >= 0.3 is 0 Å². The van der Waals surface area contributed by atoms with E-state index in [2.05, 4.69) is 204 Å². The van der Waals surface area contributed by atoms with Crippen molar-refractivity contribution in [2.45, 2.75) is 5.92 Å². The lowest BCUT2D eigenvalue weighted by atomic mass is 9.33. The van der Waals surface area contributed by atoms with Crippen molar-refractivity contribution in [3.05, 3.63) is 211 Å². The number of benzene rings is 8. The predicted octanol–water partition coefficient (Wildman–Crippen LogP) is 10.6. The molecule has 0 saturated carbocycles. The summed E-state index contributed by atoms with van der Waals surface area (Å²) in [5.74, 6) is 0.224. The monoisotopic (exact) mass is 660 g/mol. The molecule has 8 aromatic rings. The Kier molecular flexibility index (Phi) is 6.44. The standard InChI is InChI=1S/C49H33BN2/c1-3-15-36(16-4-1)51-44-25-13-11-23-42(44)50-43-24-12-14-26-45(43)52(37-17-5-2-6-18-37)47-32-35(31-46(51)49(47)50)33-27-29-34(30-28-33)48-40-21-9-7-19-38(40)39-20-8-10-22-41(39)48/h1-32,48H. The summed E-state index contributed by atoms with van der Waals surface area (Å²) in [6.45, 7) is 0.108. The lowest BCUT2D eigenvalue weighted by molar-refractivity contribution is 1.02. The first-order valence-corrected chi connectivity index (χ1v) is 18.2. The molecule has 2 aliphatic heterocycles. The average Bonchev–Trinajstić information content (AvgIpc) is 3.55. The number of hydrogen-bond donors (Lipinski definition) is 0. The van der Waals surface area contributed by atoms with Crippen LogP contribution in [0.4, 0.5) is 34.1 Å². The second-order valence-electron chi connectivity index (χ2n) is 14.1. The van der Waals surface area contributed by atoms with E-state index >= 15 is 0 Å². The molecule has 0 bridgehead atoms. The summed E-state index contributed by atoms with van der Waals surface area (Å²) in [5.41, 5.74) is 20.4. The highest BCUT2D eigenvalue weighted by Crippen LogP contribution is 2.49. The Bertz CT molecular complexity index is 2490. The van der Waals surface area contributed by atoms with E-state index in [0.717, 1.165) is 11.4 Å². The average molecular weight is 661 g/mol. The molecule has 0 amide bonds. The molecule has 0 atom stereocenters. The van der Waals surface area contributed by atoms with E-state index in [1.165, 1.54) is 78.1 Å². The largest absolute Gasteiger partial charge is 0.311 e. The second-order valence-corrected chi connectivity index (χ2v) is 14.1. The van der Waals surface area contributed by atoms with Crippen LogP contribution in [0.3, 0.4) is 0 Å². The molecule has 2 nitrogen and oxygen atoms in total. The quantitative estimate of drug-likeness (QED) is 0.173. The maximum Gasteiger partial charge on any atom is 0.252 e. The zero-order valence-corrected chi connectivity index (χ0v) is 28.5. The number of nitrogens with zero attached hydrogens (tertiary/aromatic N) is 2. The molecule has 242 valence electrons. The van der Waals surface area contributed by atoms with E-state index < -0.39 is 0 Å². The van der Waals surface area contributed by atoms with Gasteiger partial charge < -0.3 is 9.80 Å². The fourth-order valence-corrected chi connectivity index (χ4v) is 9.16. The summed E-state index contributed by atoms with van der Waals surface area (Å²) < 4.78 is 0. The number of anilines is 6. The van der Waals surface area contributed by atoms with Gasteiger partial charge in [-0.05, 0) is 104 Å². The minimum atomic E-state index is 0.108. The van der Waals surface area contributed by atoms with Crippen molar-refractivity contribution in [2.24, 2.45) is 0 Å². The molecule has 0 saturated heterocycles. The van der Waals surface area contributed by atoms with Gasteiger partial charge in [0, 0.05) is 40.0 Å². The Morgan fingerprint density at radius 2 is 0.808 bits per heavy atom. The van der Waals surface area contributed by atoms with Crippen LogP contribution >= 0.6 is 0 Å². The highest BCUT2D eigenvalue weighted by molar-refractivity contribution is 7.00. The molecule has 3 heteroatoms. The van der Waals surface area contributed by atoms with Gasteiger partial charge in [0.05, 0.1) is 0 Å². The summed E-state index contributed by atoms with van der Waals surface area (Å²) in [6.07, 6.45) is 0. The van der Waals surface area contributed by atoms with Gasteiger partial charge in [-0.3, -0.25) is 0 Å². The van der Waals surface area contributed by atoms with Gasteiger partial charge in [0.1, 0.15) is 0 Å². The molecule has 1 aliphatic carbocycles. The van der Waals surface area contributed by atoms with Gasteiger partial charge in [-0.15, -0.1) is 0 Å². The number of para-hydroxylation sites is 4. The highest BCUT2D eigenvalue weighted by Gasteiger charge is 2.43. The zero-order valence-electron chi connectivity index (χ0n) is 28.5. The van der Waals surface area contributed by atoms with E-state index in [4.69, 9.17) is 0 Å². The summed E-state index contributed by atoms with van der Waals surface area (Å²) in [7, 11) is 0. The van der Waals surface area contributed by atoms with Crippen molar-refractivity contribution in [2.75, 3.05) is 9.80 Å². The van der Waals surface area contributed by atoms with Crippen LogP contribution in [0.2, 0.25) is 0 Å². The molecule has 0 unspecified atom stereocenters. The van der Waals surface area contributed by atoms with Crippen LogP contribution in [0.15, 0.2) is 194 Å². The van der Waals surface area contributed by atoms with Crippen LogP contribution in [0.5, 0.6) is 0 Å². The molecule has 52 heavy (non-hydrogen) atoms. The van der Waals surface area contributed by atoms with Crippen LogP contribution in [0.25, 0.3) is 22.3 Å². The topological polar surface area (TPSA) is 6.48 Å². The molecule has 2 heterocycles. The molecule has 0 fully saturated rings. The normalized spacial score (nSPS) is 13.6. The van der Waals surface area contributed by atoms with Gasteiger partial charge in [0.25, 0.3) is 6.71 Å². The molecule has 8 aromatic carbocycles. The minimum Gasteiger partial charge on any atom is -0.311 e. The number of fused-ring (bicyclic) bond motifs is 7. The first-order valence-electron chi connectivity index (χ1n) is 18.2. The maximum atomic E-state index is 2.48. The van der Waals surface area contributed by atoms with Gasteiger partial charge in [0.2, 0.25) is 0 Å². The van der Waals surface area contributed by atoms with Crippen LogP contribution in [0.1, 0.15) is 22.6 Å². The lowest BCUT2D eigenvalue weighted by Crippen LogP contribution is -2.61. The van der Waals surface area contributed by atoms with E-state index in [9.17, 15) is 0 Å². The Labute approximate surface area is 305 Å². The van der Waals surface area contributed by atoms with Crippen LogP contribution < -0.4 is 26.2 Å². The maximum absolute atomic E-state index is 2.48. The molecule has 0 spiro atoms. The van der Waals surface area contributed by atoms with Crippen molar-refractivity contribution in [3.63, 3.8) is 0 Å². The van der Waals surface area contributed by atoms with E-state index in [1.54, 1.807) is 0 Å². The summed E-state index contributed by atoms with van der Waals surface area (Å²) in [4.78, 5) is 4.96. The smallest absolute Gasteiger partial charge is 0.252 e. The summed E-state index contributed by atoms with van der Waals surface area (Å²) in [5, 5.41) is 0. The first-order chi connectivity index (χ1) is 25.8. The van der Waals surface area contributed by atoms with Crippen LogP contribution in [-0.4, -0.2) is 6.71 Å². The summed E-state index contributed by atoms with van der Waals surface area (Å²) >= 11 is 0. The van der Waals surface area contributed by atoms with Crippen molar-refractivity contribution < 1.29 is 0 Å². The van der Waals surface area contributed by atoms with Crippen LogP contribution in [0, 0.1) is 0 Å². The van der Waals surface area contributed by atoms with Crippen molar-refractivity contribution in [1.82, 2.24) is 0 Å². The van der Waals surface area contributed by atoms with Crippen molar-refractivity contribution >= 4 is 57.2 Å². The third-order valence-corrected chi connectivity index (χ3v) is 11.3. The fourth-order valence-electron chi connectivity index (χ4n) is 9.16. The Morgan fingerprint density at radius 1 is 0.365 bits per heavy atom. The molecule has 0 radical (unpaired) electrons. The van der Waals surface area contributed by atoms with Gasteiger partial charge in [-0.1, -0.05) is 146 Å². The SMILES string of the molecule is c1ccc(N2c3ccccc3B3c4ccccc4N(c4ccccc4)c4cc(-c5ccc(C6c7ccccc7-c7ccccc76)cc5)cc2c43)cc1. The highest BCUT2D eigenvalue weighted by atomic mass is 15.2. The van der Waals surface area contributed by atoms with E-state index in [1.807, 2.05) is 0 Å². The van der Waals surface area contributed by atoms with Gasteiger partial charge in [0.15, 0.2) is 0 Å². The third-order valence-electron chi connectivity index (χ3n) is 11.3. The van der Waals surface area contributed by atoms with Crippen LogP contribution in [-0.2, 0) is 0 Å².